The number of alkyl carbamates (subject to hydrolysis) is 1. The molecule has 1 aliphatic carbocycles. The highest BCUT2D eigenvalue weighted by molar-refractivity contribution is 5.89. The molecule has 0 spiro atoms. The zero-order valence-corrected chi connectivity index (χ0v) is 23.7. The minimum atomic E-state index is -1.18. The number of carbonyl (C=O) groups is 3. The molecule has 2 unspecified atom stereocenters. The van der Waals surface area contributed by atoms with Crippen LogP contribution in [0, 0.1) is 11.3 Å². The second kappa shape index (κ2) is 14.8. The Balaban J connectivity index is 1.38. The molecule has 218 valence electrons. The van der Waals surface area contributed by atoms with Crippen LogP contribution in [0.1, 0.15) is 48.3 Å². The van der Waals surface area contributed by atoms with Crippen molar-refractivity contribution >= 4 is 18.0 Å². The van der Waals surface area contributed by atoms with Crippen molar-refractivity contribution in [2.24, 2.45) is 0 Å². The minimum Gasteiger partial charge on any atom is -0.480 e. The van der Waals surface area contributed by atoms with Gasteiger partial charge in [0.2, 0.25) is 5.91 Å². The summed E-state index contributed by atoms with van der Waals surface area (Å²) < 4.78 is 5.62. The second-order valence-electron chi connectivity index (χ2n) is 10.5. The van der Waals surface area contributed by atoms with Gasteiger partial charge in [-0.25, -0.2) is 9.59 Å². The number of likely N-dealkylation sites (N-methyl/N-ethyl adjacent to an activating group) is 1. The van der Waals surface area contributed by atoms with Crippen LogP contribution < -0.4 is 10.6 Å². The third kappa shape index (κ3) is 7.95. The molecule has 0 heterocycles. The standard InChI is InChI=1S/C33H36N4O5/c1-37(20-23-12-4-2-5-13-23)21-30(32(39)40)35-31(38)29(18-6-3-11-19-34)36-33(41)42-22-28-26-16-9-7-14-24(26)25-15-8-10-17-27(25)28/h2,4-5,7-10,12-17,28-30H,3,6,11,18,20-22H2,1H3,(H,35,38)(H,36,41)(H,39,40). The first kappa shape index (κ1) is 30.3. The first-order valence-electron chi connectivity index (χ1n) is 14.1. The van der Waals surface area contributed by atoms with E-state index in [9.17, 15) is 19.5 Å². The van der Waals surface area contributed by atoms with E-state index >= 15 is 0 Å². The highest BCUT2D eigenvalue weighted by atomic mass is 16.5. The van der Waals surface area contributed by atoms with Crippen molar-refractivity contribution in [2.75, 3.05) is 20.2 Å². The summed E-state index contributed by atoms with van der Waals surface area (Å²) in [5.74, 6) is -1.92. The van der Waals surface area contributed by atoms with Crippen LogP contribution in [0.15, 0.2) is 78.9 Å². The lowest BCUT2D eigenvalue weighted by Crippen LogP contribution is -2.54. The van der Waals surface area contributed by atoms with E-state index in [1.54, 1.807) is 7.05 Å². The Bertz CT molecular complexity index is 1380. The van der Waals surface area contributed by atoms with Crippen molar-refractivity contribution in [3.8, 4) is 17.2 Å². The van der Waals surface area contributed by atoms with E-state index in [0.29, 0.717) is 25.8 Å². The van der Waals surface area contributed by atoms with Crippen LogP contribution >= 0.6 is 0 Å². The van der Waals surface area contributed by atoms with Crippen LogP contribution in [0.5, 0.6) is 0 Å². The Morgan fingerprint density at radius 3 is 2.14 bits per heavy atom. The van der Waals surface area contributed by atoms with Crippen LogP contribution in [0.4, 0.5) is 4.79 Å². The van der Waals surface area contributed by atoms with Crippen molar-refractivity contribution in [3.05, 3.63) is 95.6 Å². The van der Waals surface area contributed by atoms with Gasteiger partial charge in [-0.15, -0.1) is 0 Å². The second-order valence-corrected chi connectivity index (χ2v) is 10.5. The zero-order valence-electron chi connectivity index (χ0n) is 23.7. The van der Waals surface area contributed by atoms with Gasteiger partial charge < -0.3 is 20.5 Å². The lowest BCUT2D eigenvalue weighted by Gasteiger charge is -2.25. The van der Waals surface area contributed by atoms with Crippen LogP contribution in [-0.2, 0) is 20.9 Å². The number of fused-ring (bicyclic) bond motifs is 3. The van der Waals surface area contributed by atoms with Crippen molar-refractivity contribution in [1.29, 1.82) is 5.26 Å². The van der Waals surface area contributed by atoms with E-state index < -0.39 is 30.1 Å². The number of aliphatic carboxylic acids is 1. The lowest BCUT2D eigenvalue weighted by atomic mass is 9.98. The maximum absolute atomic E-state index is 13.3. The number of unbranched alkanes of at least 4 members (excludes halogenated alkanes) is 2. The average molecular weight is 569 g/mol. The predicted molar refractivity (Wildman–Crippen MR) is 158 cm³/mol. The van der Waals surface area contributed by atoms with Crippen molar-refractivity contribution < 1.29 is 24.2 Å². The van der Waals surface area contributed by atoms with Crippen LogP contribution in [0.25, 0.3) is 11.1 Å². The molecule has 2 atom stereocenters. The summed E-state index contributed by atoms with van der Waals surface area (Å²) in [4.78, 5) is 40.0. The van der Waals surface area contributed by atoms with Crippen LogP contribution in [0.2, 0.25) is 0 Å². The quantitative estimate of drug-likeness (QED) is 0.241. The number of carboxylic acid groups (broad SMARTS) is 1. The SMILES string of the molecule is CN(Cc1ccccc1)CC(NC(=O)C(CCCCC#N)NC(=O)OCC1c2ccccc2-c2ccccc21)C(=O)O. The van der Waals surface area contributed by atoms with Gasteiger partial charge in [-0.1, -0.05) is 78.9 Å². The number of amides is 2. The van der Waals surface area contributed by atoms with Crippen LogP contribution in [-0.4, -0.2) is 60.3 Å². The van der Waals surface area contributed by atoms with Gasteiger partial charge in [0.25, 0.3) is 0 Å². The van der Waals surface area contributed by atoms with Gasteiger partial charge in [-0.2, -0.15) is 5.26 Å². The molecular formula is C33H36N4O5. The molecular weight excluding hydrogens is 532 g/mol. The van der Waals surface area contributed by atoms with Gasteiger partial charge in [0.1, 0.15) is 18.7 Å². The molecule has 3 aromatic carbocycles. The maximum atomic E-state index is 13.3. The number of carbonyl (C=O) groups excluding carboxylic acids is 2. The largest absolute Gasteiger partial charge is 0.480 e. The molecule has 0 bridgehead atoms. The highest BCUT2D eigenvalue weighted by Gasteiger charge is 2.31. The molecule has 4 rings (SSSR count). The number of hydrogen-bond donors (Lipinski definition) is 3. The maximum Gasteiger partial charge on any atom is 0.407 e. The van der Waals surface area contributed by atoms with Crippen molar-refractivity contribution in [3.63, 3.8) is 0 Å². The molecule has 0 saturated carbocycles. The zero-order chi connectivity index (χ0) is 29.9. The van der Waals surface area contributed by atoms with Gasteiger partial charge in [0.05, 0.1) is 6.07 Å². The van der Waals surface area contributed by atoms with Gasteiger partial charge >= 0.3 is 12.1 Å². The van der Waals surface area contributed by atoms with E-state index in [-0.39, 0.29) is 25.5 Å². The van der Waals surface area contributed by atoms with E-state index in [2.05, 4.69) is 16.7 Å². The molecule has 3 aromatic rings. The fourth-order valence-corrected chi connectivity index (χ4v) is 5.33. The average Bonchev–Trinajstić information content (AvgIpc) is 3.31. The fraction of sp³-hybridized carbons (Fsp3) is 0.333. The summed E-state index contributed by atoms with van der Waals surface area (Å²) in [5.41, 5.74) is 5.37. The lowest BCUT2D eigenvalue weighted by molar-refractivity contribution is -0.142. The third-order valence-electron chi connectivity index (χ3n) is 7.39. The fourth-order valence-electron chi connectivity index (χ4n) is 5.33. The third-order valence-corrected chi connectivity index (χ3v) is 7.39. The number of rotatable bonds is 14. The number of benzene rings is 3. The van der Waals surface area contributed by atoms with Gasteiger partial charge in [-0.3, -0.25) is 9.69 Å². The van der Waals surface area contributed by atoms with Crippen molar-refractivity contribution in [1.82, 2.24) is 15.5 Å². The minimum absolute atomic E-state index is 0.0715. The molecule has 9 heteroatoms. The Labute approximate surface area is 246 Å². The Morgan fingerprint density at radius 1 is 0.905 bits per heavy atom. The Morgan fingerprint density at radius 2 is 1.52 bits per heavy atom. The van der Waals surface area contributed by atoms with Gasteiger partial charge in [0.15, 0.2) is 0 Å². The van der Waals surface area contributed by atoms with Gasteiger partial charge in [-0.05, 0) is 54.1 Å². The highest BCUT2D eigenvalue weighted by Crippen LogP contribution is 2.44. The summed E-state index contributed by atoms with van der Waals surface area (Å²) in [6.45, 7) is 0.669. The van der Waals surface area contributed by atoms with Crippen LogP contribution in [0.3, 0.4) is 0 Å². The van der Waals surface area contributed by atoms with E-state index in [1.807, 2.05) is 83.8 Å². The normalized spacial score (nSPS) is 13.4. The molecule has 42 heavy (non-hydrogen) atoms. The molecule has 3 N–H and O–H groups in total. The van der Waals surface area contributed by atoms with E-state index in [1.165, 1.54) is 0 Å². The first-order chi connectivity index (χ1) is 20.4. The molecule has 0 saturated heterocycles. The summed E-state index contributed by atoms with van der Waals surface area (Å²) in [7, 11) is 1.78. The summed E-state index contributed by atoms with van der Waals surface area (Å²) in [5, 5.41) is 23.9. The molecule has 1 aliphatic rings. The number of nitrogens with one attached hydrogen (secondary N) is 2. The van der Waals surface area contributed by atoms with Gasteiger partial charge in [0, 0.05) is 25.4 Å². The monoisotopic (exact) mass is 568 g/mol. The predicted octanol–water partition coefficient (Wildman–Crippen LogP) is 4.68. The number of ether oxygens (including phenoxy) is 1. The molecule has 0 aromatic heterocycles. The molecule has 2 amide bonds. The van der Waals surface area contributed by atoms with E-state index in [0.717, 1.165) is 27.8 Å². The number of carboxylic acids is 1. The number of nitrogens with zero attached hydrogens (tertiary/aromatic N) is 2. The van der Waals surface area contributed by atoms with E-state index in [4.69, 9.17) is 10.00 Å². The summed E-state index contributed by atoms with van der Waals surface area (Å²) in [6, 6.07) is 25.5. The Hall–Kier alpha value is -4.68. The topological polar surface area (TPSA) is 132 Å². The smallest absolute Gasteiger partial charge is 0.407 e. The summed E-state index contributed by atoms with van der Waals surface area (Å²) >= 11 is 0. The summed E-state index contributed by atoms with van der Waals surface area (Å²) in [6.07, 6.45) is 0.853. The number of nitriles is 1. The Kier molecular flexibility index (Phi) is 10.7. The molecule has 0 aliphatic heterocycles. The van der Waals surface area contributed by atoms with Crippen molar-refractivity contribution in [2.45, 2.75) is 50.2 Å². The first-order valence-corrected chi connectivity index (χ1v) is 14.1. The molecule has 0 fully saturated rings. The molecule has 9 nitrogen and oxygen atoms in total. The molecule has 0 radical (unpaired) electrons. The number of hydrogen-bond acceptors (Lipinski definition) is 6.